The van der Waals surface area contributed by atoms with Crippen LogP contribution in [0.5, 0.6) is 0 Å². The van der Waals surface area contributed by atoms with Crippen molar-refractivity contribution in [2.24, 2.45) is 0 Å². The molecule has 2 aliphatic heterocycles. The second kappa shape index (κ2) is 10.5. The fourth-order valence-electron chi connectivity index (χ4n) is 3.82. The first-order chi connectivity index (χ1) is 15.3. The molecule has 9 nitrogen and oxygen atoms in total. The number of aryl methyl sites for hydroxylation is 1. The van der Waals surface area contributed by atoms with Gasteiger partial charge in [-0.15, -0.1) is 0 Å². The number of ether oxygens (including phenoxy) is 3. The summed E-state index contributed by atoms with van der Waals surface area (Å²) in [4.78, 5) is 26.1. The van der Waals surface area contributed by atoms with Gasteiger partial charge in [0, 0.05) is 0 Å². The average molecular weight is 550 g/mol. The molecule has 0 aromatic carbocycles. The van der Waals surface area contributed by atoms with Crippen LogP contribution in [0, 0.1) is 6.92 Å². The van der Waals surface area contributed by atoms with E-state index in [1.54, 1.807) is 6.92 Å². The molecule has 188 valence electrons. The Morgan fingerprint density at radius 1 is 1.24 bits per heavy atom. The second-order valence-electron chi connectivity index (χ2n) is 10.5. The normalized spacial score (nSPS) is 30.8. The Morgan fingerprint density at radius 2 is 1.94 bits per heavy atom. The Bertz CT molecular complexity index is 929. The molecule has 1 aromatic heterocycles. The zero-order valence-corrected chi connectivity index (χ0v) is 23.3. The number of aromatic nitrogens is 2. The van der Waals surface area contributed by atoms with Crippen LogP contribution in [0.25, 0.3) is 0 Å². The third-order valence-corrected chi connectivity index (χ3v) is 12.7. The summed E-state index contributed by atoms with van der Waals surface area (Å²) in [7, 11) is -1.94. The predicted molar refractivity (Wildman–Crippen MR) is 128 cm³/mol. The van der Waals surface area contributed by atoms with E-state index in [2.05, 4.69) is 44.7 Å². The Labute approximate surface area is 202 Å². The first kappa shape index (κ1) is 26.8. The monoisotopic (exact) mass is 550 g/mol. The minimum atomic E-state index is -1.94. The molecule has 0 unspecified atom stereocenters. The summed E-state index contributed by atoms with van der Waals surface area (Å²) >= 11 is 0.453. The van der Waals surface area contributed by atoms with E-state index >= 15 is 0 Å². The van der Waals surface area contributed by atoms with Crippen LogP contribution in [0.4, 0.5) is 0 Å². The number of aliphatic hydroxyl groups excluding tert-OH is 1. The van der Waals surface area contributed by atoms with Crippen molar-refractivity contribution >= 4 is 23.3 Å². The Hall–Kier alpha value is -0.784. The molecule has 3 heterocycles. The zero-order chi connectivity index (χ0) is 24.6. The molecule has 11 heteroatoms. The summed E-state index contributed by atoms with van der Waals surface area (Å²) in [5.74, 6) is 2.19. The molecule has 2 aliphatic rings. The van der Waals surface area contributed by atoms with Crippen molar-refractivity contribution in [3.05, 3.63) is 32.6 Å². The number of nitrogens with one attached hydrogen (secondary N) is 1. The molecular weight excluding hydrogens is 511 g/mol. The summed E-state index contributed by atoms with van der Waals surface area (Å²) in [6, 6.07) is 0. The molecule has 33 heavy (non-hydrogen) atoms. The third-order valence-electron chi connectivity index (χ3n) is 6.86. The number of hydrogen-bond acceptors (Lipinski definition) is 7. The van der Waals surface area contributed by atoms with Crippen LogP contribution in [-0.2, 0) is 18.6 Å². The quantitative estimate of drug-likeness (QED) is 0.478. The van der Waals surface area contributed by atoms with Crippen LogP contribution in [-0.4, -0.2) is 75.2 Å². The molecular formula is C22H38N2O7SeSi. The SMILES string of the molecule is C[Se]C[C@@H]1O[C@@H](OC[C@H]2O[C@@H](n3cc(C)c(=O)[nH]c3=O)C[C@@H]2O)C[C@@H]1O[Si](C)(C)C(C)(C)C. The summed E-state index contributed by atoms with van der Waals surface area (Å²) in [6.07, 6.45) is -0.0902. The van der Waals surface area contributed by atoms with Gasteiger partial charge in [-0.3, -0.25) is 4.79 Å². The number of rotatable bonds is 8. The van der Waals surface area contributed by atoms with E-state index in [4.69, 9.17) is 18.6 Å². The van der Waals surface area contributed by atoms with Gasteiger partial charge >= 0.3 is 185 Å². The van der Waals surface area contributed by atoms with Crippen LogP contribution in [0.1, 0.15) is 45.4 Å². The van der Waals surface area contributed by atoms with Gasteiger partial charge in [0.15, 0.2) is 0 Å². The van der Waals surface area contributed by atoms with E-state index in [1.807, 2.05) is 0 Å². The molecule has 0 aliphatic carbocycles. The topological polar surface area (TPSA) is 112 Å². The average Bonchev–Trinajstić information content (AvgIpc) is 3.25. The van der Waals surface area contributed by atoms with Crippen molar-refractivity contribution in [1.82, 2.24) is 9.55 Å². The maximum atomic E-state index is 12.2. The molecule has 2 saturated heterocycles. The van der Waals surface area contributed by atoms with E-state index in [-0.39, 0.29) is 30.3 Å². The van der Waals surface area contributed by atoms with Gasteiger partial charge in [-0.25, -0.2) is 0 Å². The number of H-pyrrole nitrogens is 1. The molecule has 0 saturated carbocycles. The first-order valence-electron chi connectivity index (χ1n) is 11.4. The maximum absolute atomic E-state index is 12.2. The van der Waals surface area contributed by atoms with Crippen LogP contribution in [0.2, 0.25) is 29.3 Å². The summed E-state index contributed by atoms with van der Waals surface area (Å²) in [5.41, 5.74) is -0.577. The Morgan fingerprint density at radius 3 is 2.58 bits per heavy atom. The molecule has 6 atom stereocenters. The van der Waals surface area contributed by atoms with E-state index < -0.39 is 44.3 Å². The van der Waals surface area contributed by atoms with Gasteiger partial charge in [-0.05, 0) is 6.92 Å². The molecule has 2 fully saturated rings. The van der Waals surface area contributed by atoms with Crippen molar-refractivity contribution in [2.75, 3.05) is 6.61 Å². The number of aliphatic hydroxyl groups is 1. The first-order valence-corrected chi connectivity index (χ1v) is 17.2. The number of aromatic amines is 1. The predicted octanol–water partition coefficient (Wildman–Crippen LogP) is 2.19. The van der Waals surface area contributed by atoms with Crippen LogP contribution in [0.15, 0.2) is 15.8 Å². The van der Waals surface area contributed by atoms with Gasteiger partial charge in [-0.1, -0.05) is 0 Å². The van der Waals surface area contributed by atoms with E-state index in [0.717, 1.165) is 5.32 Å². The summed E-state index contributed by atoms with van der Waals surface area (Å²) < 4.78 is 26.1. The summed E-state index contributed by atoms with van der Waals surface area (Å²) in [6.45, 7) is 13.0. The van der Waals surface area contributed by atoms with Gasteiger partial charge in [0.25, 0.3) is 5.56 Å². The van der Waals surface area contributed by atoms with Crippen molar-refractivity contribution < 1.29 is 23.7 Å². The van der Waals surface area contributed by atoms with Crippen LogP contribution in [0.3, 0.4) is 0 Å². The fraction of sp³-hybridized carbons (Fsp3) is 0.818. The fourth-order valence-corrected chi connectivity index (χ4v) is 6.48. The molecule has 0 amide bonds. The van der Waals surface area contributed by atoms with E-state index in [1.165, 1.54) is 10.8 Å². The zero-order valence-electron chi connectivity index (χ0n) is 20.6. The summed E-state index contributed by atoms with van der Waals surface area (Å²) in [5, 5.41) is 11.6. The van der Waals surface area contributed by atoms with Gasteiger partial charge in [-0.2, -0.15) is 0 Å². The van der Waals surface area contributed by atoms with E-state index in [9.17, 15) is 14.7 Å². The number of nitrogens with zero attached hydrogens (tertiary/aromatic N) is 1. The number of hydrogen-bond donors (Lipinski definition) is 2. The Kier molecular flexibility index (Phi) is 8.49. The molecule has 0 spiro atoms. The van der Waals surface area contributed by atoms with Gasteiger partial charge in [0.2, 0.25) is 0 Å². The van der Waals surface area contributed by atoms with E-state index in [0.29, 0.717) is 26.9 Å². The second-order valence-corrected chi connectivity index (χ2v) is 17.1. The van der Waals surface area contributed by atoms with Crippen LogP contribution < -0.4 is 11.2 Å². The van der Waals surface area contributed by atoms with Crippen molar-refractivity contribution in [2.45, 2.75) is 107 Å². The molecule has 2 N–H and O–H groups in total. The minimum absolute atomic E-state index is 0.00239. The van der Waals surface area contributed by atoms with Crippen molar-refractivity contribution in [3.63, 3.8) is 0 Å². The van der Waals surface area contributed by atoms with Gasteiger partial charge in [0.05, 0.1) is 0 Å². The van der Waals surface area contributed by atoms with Crippen LogP contribution >= 0.6 is 0 Å². The van der Waals surface area contributed by atoms with Crippen molar-refractivity contribution in [3.8, 4) is 0 Å². The van der Waals surface area contributed by atoms with Gasteiger partial charge in [0.1, 0.15) is 0 Å². The molecule has 3 rings (SSSR count). The Balaban J connectivity index is 1.60. The van der Waals surface area contributed by atoms with Gasteiger partial charge < -0.3 is 0 Å². The standard InChI is InChI=1S/C22H38N2O7SeSi/c1-13-10-24(21(27)23-20(13)26)18-8-14(25)16(29-18)11-28-19-9-15(17(30-19)12-32-5)31-33(6,7)22(2,3)4/h10,14-19,25H,8-9,11-12H2,1-7H3,(H,23,26,27)/t14-,15-,16+,17-,18+,19+/m0/s1. The molecule has 1 aromatic rings. The third kappa shape index (κ3) is 6.27. The van der Waals surface area contributed by atoms with Crippen molar-refractivity contribution in [1.29, 1.82) is 0 Å². The molecule has 0 bridgehead atoms. The molecule has 0 radical (unpaired) electrons.